The number of halogens is 5. The lowest BCUT2D eigenvalue weighted by Crippen LogP contribution is -2.33. The minimum Gasteiger partial charge on any atom is -0.426 e. The third kappa shape index (κ3) is 6.02. The van der Waals surface area contributed by atoms with Gasteiger partial charge in [-0.15, -0.1) is 0 Å². The van der Waals surface area contributed by atoms with Gasteiger partial charge in [-0.25, -0.2) is 0 Å². The van der Waals surface area contributed by atoms with Crippen LogP contribution in [-0.2, 0) is 10.7 Å². The zero-order chi connectivity index (χ0) is 23.4. The monoisotopic (exact) mass is 460 g/mol. The van der Waals surface area contributed by atoms with E-state index in [0.717, 1.165) is 49.7 Å². The van der Waals surface area contributed by atoms with Gasteiger partial charge >= 0.3 is 18.1 Å². The topological polar surface area (TPSA) is 26.3 Å². The molecule has 180 valence electrons. The summed E-state index contributed by atoms with van der Waals surface area (Å²) in [6, 6.07) is 3.30. The summed E-state index contributed by atoms with van der Waals surface area (Å²) in [4.78, 5) is 12.5. The SMILES string of the molecule is CCCCC1CCC(C2CCC(C(=O)Oc3ccc(C(F)(F)C(F)(F)F)cc3)CC2)CC1. The van der Waals surface area contributed by atoms with Gasteiger partial charge in [0.05, 0.1) is 5.92 Å². The van der Waals surface area contributed by atoms with Crippen molar-refractivity contribution in [1.29, 1.82) is 0 Å². The number of ether oxygens (including phenoxy) is 1. The molecule has 2 nitrogen and oxygen atoms in total. The fourth-order valence-corrected chi connectivity index (χ4v) is 5.36. The Morgan fingerprint density at radius 3 is 1.91 bits per heavy atom. The number of rotatable bonds is 7. The molecular formula is C25H33F5O2. The molecule has 0 radical (unpaired) electrons. The molecule has 0 spiro atoms. The van der Waals surface area contributed by atoms with E-state index in [1.165, 1.54) is 44.9 Å². The number of carbonyl (C=O) groups excluding carboxylic acids is 1. The Morgan fingerprint density at radius 2 is 1.41 bits per heavy atom. The molecule has 0 saturated heterocycles. The highest BCUT2D eigenvalue weighted by molar-refractivity contribution is 5.75. The Morgan fingerprint density at radius 1 is 0.875 bits per heavy atom. The van der Waals surface area contributed by atoms with Gasteiger partial charge in [0, 0.05) is 5.56 Å². The first-order chi connectivity index (χ1) is 15.1. The number of hydrogen-bond donors (Lipinski definition) is 0. The van der Waals surface area contributed by atoms with E-state index >= 15 is 0 Å². The molecule has 2 fully saturated rings. The first-order valence-electron chi connectivity index (χ1n) is 11.9. The number of hydrogen-bond acceptors (Lipinski definition) is 2. The highest BCUT2D eigenvalue weighted by Crippen LogP contribution is 2.45. The van der Waals surface area contributed by atoms with Gasteiger partial charge in [0.2, 0.25) is 0 Å². The third-order valence-electron chi connectivity index (χ3n) is 7.42. The van der Waals surface area contributed by atoms with Gasteiger partial charge in [0.15, 0.2) is 0 Å². The van der Waals surface area contributed by atoms with Crippen molar-refractivity contribution in [1.82, 2.24) is 0 Å². The third-order valence-corrected chi connectivity index (χ3v) is 7.42. The lowest BCUT2D eigenvalue weighted by atomic mass is 9.68. The molecule has 0 aliphatic heterocycles. The fourth-order valence-electron chi connectivity index (χ4n) is 5.36. The van der Waals surface area contributed by atoms with Gasteiger partial charge in [0.25, 0.3) is 0 Å². The summed E-state index contributed by atoms with van der Waals surface area (Å²) >= 11 is 0. The van der Waals surface area contributed by atoms with Gasteiger partial charge in [0.1, 0.15) is 5.75 Å². The summed E-state index contributed by atoms with van der Waals surface area (Å²) in [6.45, 7) is 2.23. The molecule has 0 aromatic heterocycles. The van der Waals surface area contributed by atoms with Crippen molar-refractivity contribution in [3.63, 3.8) is 0 Å². The molecule has 1 aromatic carbocycles. The zero-order valence-electron chi connectivity index (χ0n) is 18.6. The molecule has 2 saturated carbocycles. The summed E-state index contributed by atoms with van der Waals surface area (Å²) in [6.07, 6.45) is 6.89. The Bertz CT molecular complexity index is 728. The fraction of sp³-hybridized carbons (Fsp3) is 0.720. The van der Waals surface area contributed by atoms with Crippen molar-refractivity contribution in [2.75, 3.05) is 0 Å². The van der Waals surface area contributed by atoms with Crippen LogP contribution in [0.3, 0.4) is 0 Å². The summed E-state index contributed by atoms with van der Waals surface area (Å²) in [5.74, 6) is -3.36. The number of esters is 1. The lowest BCUT2D eigenvalue weighted by molar-refractivity contribution is -0.289. The average Bonchev–Trinajstić information content (AvgIpc) is 2.78. The number of carbonyl (C=O) groups is 1. The summed E-state index contributed by atoms with van der Waals surface area (Å²) in [5, 5.41) is 0. The van der Waals surface area contributed by atoms with Crippen LogP contribution in [0.25, 0.3) is 0 Å². The standard InChI is InChI=1S/C25H33F5O2/c1-2-3-4-17-5-7-18(8-6-17)19-9-11-20(12-10-19)23(31)32-22-15-13-21(14-16-22)24(26,27)25(28,29)30/h13-20H,2-12H2,1H3. The van der Waals surface area contributed by atoms with E-state index < -0.39 is 23.6 Å². The van der Waals surface area contributed by atoms with Crippen molar-refractivity contribution in [2.45, 2.75) is 89.7 Å². The summed E-state index contributed by atoms with van der Waals surface area (Å²) in [7, 11) is 0. The quantitative estimate of drug-likeness (QED) is 0.234. The number of alkyl halides is 5. The minimum absolute atomic E-state index is 0.00995. The second-order valence-corrected chi connectivity index (χ2v) is 9.55. The van der Waals surface area contributed by atoms with E-state index in [1.807, 2.05) is 0 Å². The van der Waals surface area contributed by atoms with Gasteiger partial charge < -0.3 is 4.74 Å². The molecule has 0 N–H and O–H groups in total. The van der Waals surface area contributed by atoms with Gasteiger partial charge in [-0.05, 0) is 80.5 Å². The first kappa shape index (κ1) is 25.0. The van der Waals surface area contributed by atoms with Gasteiger partial charge in [-0.1, -0.05) is 39.0 Å². The van der Waals surface area contributed by atoms with Crippen molar-refractivity contribution in [3.05, 3.63) is 29.8 Å². The second kappa shape index (κ2) is 10.5. The average molecular weight is 461 g/mol. The molecule has 2 aliphatic rings. The van der Waals surface area contributed by atoms with Crippen molar-refractivity contribution in [3.8, 4) is 5.75 Å². The normalized spacial score (nSPS) is 27.2. The minimum atomic E-state index is -5.67. The molecule has 0 amide bonds. The molecule has 32 heavy (non-hydrogen) atoms. The van der Waals surface area contributed by atoms with E-state index in [0.29, 0.717) is 18.1 Å². The molecular weight excluding hydrogens is 427 g/mol. The Hall–Kier alpha value is -1.66. The van der Waals surface area contributed by atoms with Crippen LogP contribution < -0.4 is 4.74 Å². The maximum absolute atomic E-state index is 13.4. The van der Waals surface area contributed by atoms with Crippen molar-refractivity contribution in [2.24, 2.45) is 23.7 Å². The van der Waals surface area contributed by atoms with Crippen molar-refractivity contribution >= 4 is 5.97 Å². The van der Waals surface area contributed by atoms with Crippen LogP contribution in [-0.4, -0.2) is 12.1 Å². The molecule has 0 atom stereocenters. The van der Waals surface area contributed by atoms with E-state index in [1.54, 1.807) is 0 Å². The van der Waals surface area contributed by atoms with Gasteiger partial charge in [-0.2, -0.15) is 22.0 Å². The van der Waals surface area contributed by atoms with Crippen LogP contribution in [0.15, 0.2) is 24.3 Å². The van der Waals surface area contributed by atoms with E-state index in [9.17, 15) is 26.7 Å². The first-order valence-corrected chi connectivity index (χ1v) is 11.9. The molecule has 0 bridgehead atoms. The van der Waals surface area contributed by atoms with Crippen LogP contribution in [0, 0.1) is 23.7 Å². The molecule has 7 heteroatoms. The highest BCUT2D eigenvalue weighted by atomic mass is 19.4. The maximum Gasteiger partial charge on any atom is 0.458 e. The van der Waals surface area contributed by atoms with E-state index in [-0.39, 0.29) is 11.7 Å². The Labute approximate surface area is 186 Å². The Balaban J connectivity index is 1.45. The highest BCUT2D eigenvalue weighted by Gasteiger charge is 2.58. The van der Waals surface area contributed by atoms with Crippen molar-refractivity contribution < 1.29 is 31.5 Å². The van der Waals surface area contributed by atoms with Crippen LogP contribution in [0.5, 0.6) is 5.75 Å². The Kier molecular flexibility index (Phi) is 8.21. The largest absolute Gasteiger partial charge is 0.458 e. The van der Waals surface area contributed by atoms with Crippen LogP contribution in [0.4, 0.5) is 22.0 Å². The molecule has 3 rings (SSSR count). The lowest BCUT2D eigenvalue weighted by Gasteiger charge is -2.37. The molecule has 2 aliphatic carbocycles. The van der Waals surface area contributed by atoms with E-state index in [2.05, 4.69) is 6.92 Å². The van der Waals surface area contributed by atoms with E-state index in [4.69, 9.17) is 4.74 Å². The summed E-state index contributed by atoms with van der Waals surface area (Å²) in [5.41, 5.74) is -1.17. The number of benzene rings is 1. The van der Waals surface area contributed by atoms with Crippen LogP contribution in [0.1, 0.15) is 83.1 Å². The molecule has 0 heterocycles. The number of unbranched alkanes of at least 4 members (excludes halogenated alkanes) is 1. The predicted octanol–water partition coefficient (Wildman–Crippen LogP) is 8.05. The molecule has 1 aromatic rings. The maximum atomic E-state index is 13.4. The zero-order valence-corrected chi connectivity index (χ0v) is 18.6. The van der Waals surface area contributed by atoms with Crippen LogP contribution in [0.2, 0.25) is 0 Å². The second-order valence-electron chi connectivity index (χ2n) is 9.55. The van der Waals surface area contributed by atoms with Gasteiger partial charge in [-0.3, -0.25) is 4.79 Å². The molecule has 0 unspecified atom stereocenters. The van der Waals surface area contributed by atoms with Crippen LogP contribution >= 0.6 is 0 Å². The summed E-state index contributed by atoms with van der Waals surface area (Å²) < 4.78 is 69.5. The predicted molar refractivity (Wildman–Crippen MR) is 112 cm³/mol. The smallest absolute Gasteiger partial charge is 0.426 e.